The standard InChI is InChI=1S/C21H20FN/c1-14-8-7-11-18(21(14)22)20-12-19(15(2)13-23-20)16(3)17-9-5-4-6-10-17/h4-13,16H,1-3H3/i2D3,16D. The van der Waals surface area contributed by atoms with Gasteiger partial charge in [-0.1, -0.05) is 49.4 Å². The van der Waals surface area contributed by atoms with E-state index in [0.717, 1.165) is 0 Å². The molecule has 0 aliphatic rings. The normalized spacial score (nSPS) is 16.7. The number of pyridine rings is 1. The first-order chi connectivity index (χ1) is 12.6. The predicted molar refractivity (Wildman–Crippen MR) is 93.1 cm³/mol. The van der Waals surface area contributed by atoms with Gasteiger partial charge in [0.15, 0.2) is 0 Å². The van der Waals surface area contributed by atoms with Crippen LogP contribution in [0.4, 0.5) is 4.39 Å². The van der Waals surface area contributed by atoms with E-state index in [4.69, 9.17) is 5.48 Å². The second-order valence-electron chi connectivity index (χ2n) is 5.54. The van der Waals surface area contributed by atoms with E-state index in [-0.39, 0.29) is 11.1 Å². The summed E-state index contributed by atoms with van der Waals surface area (Å²) < 4.78 is 47.0. The van der Waals surface area contributed by atoms with Gasteiger partial charge in [-0.25, -0.2) is 4.39 Å². The minimum atomic E-state index is -2.43. The summed E-state index contributed by atoms with van der Waals surface area (Å²) in [6, 6.07) is 15.5. The minimum absolute atomic E-state index is 0.000615. The van der Waals surface area contributed by atoms with Gasteiger partial charge in [0.1, 0.15) is 5.82 Å². The van der Waals surface area contributed by atoms with Crippen molar-refractivity contribution in [2.45, 2.75) is 26.6 Å². The highest BCUT2D eigenvalue weighted by atomic mass is 19.1. The highest BCUT2D eigenvalue weighted by Crippen LogP contribution is 2.30. The molecule has 0 N–H and O–H groups in total. The maximum absolute atomic E-state index is 14.6. The SMILES string of the molecule is [2H]C([2H])([2H])c1cnc(-c2cccc(C)c2F)cc1C([2H])(C)c1ccccc1. The Hall–Kier alpha value is -2.48. The summed E-state index contributed by atoms with van der Waals surface area (Å²) in [6.45, 7) is 0.876. The Bertz CT molecular complexity index is 966. The molecule has 0 spiro atoms. The van der Waals surface area contributed by atoms with Gasteiger partial charge < -0.3 is 0 Å². The molecule has 0 saturated heterocycles. The highest BCUT2D eigenvalue weighted by molar-refractivity contribution is 5.62. The second-order valence-corrected chi connectivity index (χ2v) is 5.54. The van der Waals surface area contributed by atoms with Crippen LogP contribution in [0.15, 0.2) is 60.8 Å². The molecule has 3 rings (SSSR count). The third-order valence-corrected chi connectivity index (χ3v) is 3.98. The Balaban J connectivity index is 2.26. The first-order valence-corrected chi connectivity index (χ1v) is 7.44. The highest BCUT2D eigenvalue weighted by Gasteiger charge is 2.15. The van der Waals surface area contributed by atoms with E-state index in [9.17, 15) is 4.39 Å². The van der Waals surface area contributed by atoms with Crippen molar-refractivity contribution in [1.82, 2.24) is 4.98 Å². The molecule has 116 valence electrons. The lowest BCUT2D eigenvalue weighted by molar-refractivity contribution is 0.621. The lowest BCUT2D eigenvalue weighted by atomic mass is 9.90. The Morgan fingerprint density at radius 1 is 1.09 bits per heavy atom. The molecule has 1 atom stereocenters. The van der Waals surface area contributed by atoms with E-state index in [1.165, 1.54) is 12.3 Å². The molecule has 0 radical (unpaired) electrons. The fourth-order valence-corrected chi connectivity index (χ4v) is 2.60. The van der Waals surface area contributed by atoms with Crippen molar-refractivity contribution < 1.29 is 9.87 Å². The molecule has 1 aromatic heterocycles. The largest absolute Gasteiger partial charge is 0.256 e. The summed E-state index contributed by atoms with van der Waals surface area (Å²) in [5.74, 6) is -1.73. The number of halogens is 1. The smallest absolute Gasteiger partial charge is 0.135 e. The van der Waals surface area contributed by atoms with Crippen LogP contribution < -0.4 is 0 Å². The molecule has 0 bridgehead atoms. The van der Waals surface area contributed by atoms with Gasteiger partial charge in [0.2, 0.25) is 0 Å². The maximum atomic E-state index is 14.6. The molecule has 0 fully saturated rings. The first kappa shape index (κ1) is 11.1. The van der Waals surface area contributed by atoms with Crippen LogP contribution >= 0.6 is 0 Å². The average molecular weight is 309 g/mol. The number of nitrogens with zero attached hydrogens (tertiary/aromatic N) is 1. The molecular formula is C21H20FN. The number of benzene rings is 2. The van der Waals surface area contributed by atoms with Crippen LogP contribution in [0.3, 0.4) is 0 Å². The molecular weight excluding hydrogens is 285 g/mol. The van der Waals surface area contributed by atoms with Gasteiger partial charge in [-0.3, -0.25) is 4.98 Å². The van der Waals surface area contributed by atoms with E-state index in [0.29, 0.717) is 22.4 Å². The Morgan fingerprint density at radius 3 is 2.61 bits per heavy atom. The van der Waals surface area contributed by atoms with Crippen LogP contribution in [-0.4, -0.2) is 4.98 Å². The zero-order valence-corrected chi connectivity index (χ0v) is 13.1. The molecule has 0 aliphatic carbocycles. The predicted octanol–water partition coefficient (Wildman–Crippen LogP) is 5.66. The molecule has 0 amide bonds. The lowest BCUT2D eigenvalue weighted by Gasteiger charge is -2.16. The summed E-state index contributed by atoms with van der Waals surface area (Å²) in [6.07, 6.45) is 1.25. The second kappa shape index (κ2) is 6.33. The van der Waals surface area contributed by atoms with E-state index >= 15 is 0 Å². The number of aromatic nitrogens is 1. The van der Waals surface area contributed by atoms with Gasteiger partial charge in [0.05, 0.1) is 5.69 Å². The minimum Gasteiger partial charge on any atom is -0.256 e. The molecule has 2 heteroatoms. The zero-order chi connectivity index (χ0) is 19.8. The quantitative estimate of drug-likeness (QED) is 0.608. The van der Waals surface area contributed by atoms with E-state index < -0.39 is 18.6 Å². The van der Waals surface area contributed by atoms with Gasteiger partial charge in [0, 0.05) is 23.1 Å². The fourth-order valence-electron chi connectivity index (χ4n) is 2.60. The van der Waals surface area contributed by atoms with Crippen molar-refractivity contribution in [2.24, 2.45) is 0 Å². The molecule has 0 saturated carbocycles. The Morgan fingerprint density at radius 2 is 1.87 bits per heavy atom. The molecule has 23 heavy (non-hydrogen) atoms. The van der Waals surface area contributed by atoms with Crippen LogP contribution in [0.25, 0.3) is 11.3 Å². The van der Waals surface area contributed by atoms with Gasteiger partial charge in [-0.15, -0.1) is 0 Å². The van der Waals surface area contributed by atoms with Crippen molar-refractivity contribution in [3.8, 4) is 11.3 Å². The molecule has 1 unspecified atom stereocenters. The maximum Gasteiger partial charge on any atom is 0.135 e. The average Bonchev–Trinajstić information content (AvgIpc) is 2.63. The lowest BCUT2D eigenvalue weighted by Crippen LogP contribution is -2.01. The van der Waals surface area contributed by atoms with E-state index in [1.54, 1.807) is 56.3 Å². The van der Waals surface area contributed by atoms with Gasteiger partial charge in [-0.2, -0.15) is 0 Å². The number of aryl methyl sites for hydroxylation is 2. The van der Waals surface area contributed by atoms with Crippen LogP contribution in [0.1, 0.15) is 40.6 Å². The summed E-state index contributed by atoms with van der Waals surface area (Å²) in [5, 5.41) is 0. The Kier molecular flexibility index (Phi) is 3.06. The van der Waals surface area contributed by atoms with Crippen LogP contribution in [0.2, 0.25) is 0 Å². The molecule has 0 aliphatic heterocycles. The van der Waals surface area contributed by atoms with Gasteiger partial charge in [-0.05, 0) is 48.2 Å². The van der Waals surface area contributed by atoms with Crippen LogP contribution in [0, 0.1) is 19.6 Å². The van der Waals surface area contributed by atoms with Crippen molar-refractivity contribution in [3.63, 3.8) is 0 Å². The van der Waals surface area contributed by atoms with Gasteiger partial charge >= 0.3 is 0 Å². The van der Waals surface area contributed by atoms with Crippen molar-refractivity contribution >= 4 is 0 Å². The zero-order valence-electron chi connectivity index (χ0n) is 17.1. The van der Waals surface area contributed by atoms with Crippen LogP contribution in [0.5, 0.6) is 0 Å². The molecule has 1 heterocycles. The molecule has 3 aromatic rings. The number of rotatable bonds is 3. The topological polar surface area (TPSA) is 12.9 Å². The third-order valence-electron chi connectivity index (χ3n) is 3.98. The van der Waals surface area contributed by atoms with Crippen LogP contribution in [-0.2, 0) is 0 Å². The summed E-state index contributed by atoms with van der Waals surface area (Å²) in [5.41, 5.74) is 2.02. The third kappa shape index (κ3) is 3.02. The summed E-state index contributed by atoms with van der Waals surface area (Å²) >= 11 is 0. The van der Waals surface area contributed by atoms with Gasteiger partial charge in [0.25, 0.3) is 0 Å². The summed E-state index contributed by atoms with van der Waals surface area (Å²) in [4.78, 5) is 4.20. The van der Waals surface area contributed by atoms with E-state index in [1.807, 2.05) is 6.07 Å². The van der Waals surface area contributed by atoms with Crippen molar-refractivity contribution in [3.05, 3.63) is 88.9 Å². The molecule has 2 aromatic carbocycles. The number of hydrogen-bond acceptors (Lipinski definition) is 1. The van der Waals surface area contributed by atoms with E-state index in [2.05, 4.69) is 4.98 Å². The molecule has 1 nitrogen and oxygen atoms in total. The monoisotopic (exact) mass is 309 g/mol. The summed E-state index contributed by atoms with van der Waals surface area (Å²) in [7, 11) is 0. The Labute approximate surface area is 142 Å². The van der Waals surface area contributed by atoms with Crippen molar-refractivity contribution in [1.29, 1.82) is 0 Å². The fraction of sp³-hybridized carbons (Fsp3) is 0.190. The number of hydrogen-bond donors (Lipinski definition) is 0. The first-order valence-electron chi connectivity index (χ1n) is 9.44. The van der Waals surface area contributed by atoms with Crippen molar-refractivity contribution in [2.75, 3.05) is 0 Å².